The van der Waals surface area contributed by atoms with E-state index in [4.69, 9.17) is 9.73 Å². The van der Waals surface area contributed by atoms with Crippen LogP contribution in [0.5, 0.6) is 0 Å². The molecule has 3 rings (SSSR count). The topological polar surface area (TPSA) is 61.4 Å². The number of H-pyrrole nitrogens is 1. The Morgan fingerprint density at radius 2 is 2.11 bits per heavy atom. The Morgan fingerprint density at radius 3 is 2.85 bits per heavy atom. The lowest BCUT2D eigenvalue weighted by atomic mass is 9.99. The molecule has 0 bridgehead atoms. The molecule has 1 aromatic carbocycles. The molecular formula is C21H32N4OS. The molecule has 148 valence electrons. The van der Waals surface area contributed by atoms with E-state index < -0.39 is 0 Å². The lowest BCUT2D eigenvalue weighted by Crippen LogP contribution is -2.41. The first-order valence-electron chi connectivity index (χ1n) is 9.87. The van der Waals surface area contributed by atoms with E-state index in [1.165, 1.54) is 22.0 Å². The zero-order chi connectivity index (χ0) is 19.1. The van der Waals surface area contributed by atoms with Crippen LogP contribution in [0.2, 0.25) is 0 Å². The van der Waals surface area contributed by atoms with Gasteiger partial charge in [-0.25, -0.2) is 0 Å². The van der Waals surface area contributed by atoms with Crippen LogP contribution in [0.4, 0.5) is 0 Å². The lowest BCUT2D eigenvalue weighted by molar-refractivity contribution is 0.0794. The Morgan fingerprint density at radius 1 is 1.30 bits per heavy atom. The van der Waals surface area contributed by atoms with Crippen LogP contribution in [0.15, 0.2) is 29.4 Å². The van der Waals surface area contributed by atoms with Gasteiger partial charge in [-0.15, -0.1) is 0 Å². The summed E-state index contributed by atoms with van der Waals surface area (Å²) in [6.45, 7) is 8.49. The summed E-state index contributed by atoms with van der Waals surface area (Å²) in [5.41, 5.74) is 3.84. The largest absolute Gasteiger partial charge is 0.381 e. The van der Waals surface area contributed by atoms with Gasteiger partial charge in [0.1, 0.15) is 0 Å². The number of rotatable bonds is 7. The number of thioether (sulfide) groups is 1. The van der Waals surface area contributed by atoms with E-state index in [0.717, 1.165) is 58.1 Å². The van der Waals surface area contributed by atoms with Gasteiger partial charge in [-0.3, -0.25) is 4.99 Å². The van der Waals surface area contributed by atoms with Gasteiger partial charge in [0, 0.05) is 48.2 Å². The van der Waals surface area contributed by atoms with E-state index in [9.17, 15) is 0 Å². The molecule has 3 N–H and O–H groups in total. The van der Waals surface area contributed by atoms with Crippen LogP contribution in [0.1, 0.15) is 30.9 Å². The average Bonchev–Trinajstić information content (AvgIpc) is 3.09. The number of aromatic nitrogens is 1. The first kappa shape index (κ1) is 20.1. The maximum atomic E-state index is 5.53. The van der Waals surface area contributed by atoms with Crippen molar-refractivity contribution >= 4 is 28.6 Å². The Kier molecular flexibility index (Phi) is 7.07. The van der Waals surface area contributed by atoms with E-state index >= 15 is 0 Å². The zero-order valence-electron chi connectivity index (χ0n) is 16.7. The Labute approximate surface area is 166 Å². The van der Waals surface area contributed by atoms with Gasteiger partial charge in [0.15, 0.2) is 5.96 Å². The quantitative estimate of drug-likeness (QED) is 0.502. The SMILES string of the molecule is CCNC(=NCC1(SC)CCOCC1)NCCc1c[nH]c2cc(C)ccc12. The highest BCUT2D eigenvalue weighted by Gasteiger charge is 2.31. The van der Waals surface area contributed by atoms with Gasteiger partial charge in [0.05, 0.1) is 6.54 Å². The van der Waals surface area contributed by atoms with Crippen molar-refractivity contribution in [2.75, 3.05) is 39.1 Å². The van der Waals surface area contributed by atoms with Crippen molar-refractivity contribution in [3.63, 3.8) is 0 Å². The van der Waals surface area contributed by atoms with Gasteiger partial charge in [0.2, 0.25) is 0 Å². The molecule has 0 atom stereocenters. The molecule has 1 aliphatic rings. The molecule has 2 heterocycles. The Hall–Kier alpha value is -1.66. The minimum atomic E-state index is 0.218. The van der Waals surface area contributed by atoms with Crippen LogP contribution < -0.4 is 10.6 Å². The van der Waals surface area contributed by atoms with Crippen molar-refractivity contribution in [3.8, 4) is 0 Å². The number of nitrogens with zero attached hydrogens (tertiary/aromatic N) is 1. The second-order valence-electron chi connectivity index (χ2n) is 7.23. The summed E-state index contributed by atoms with van der Waals surface area (Å²) in [4.78, 5) is 8.27. The smallest absolute Gasteiger partial charge is 0.191 e. The third-order valence-electron chi connectivity index (χ3n) is 5.32. The molecule has 0 aliphatic carbocycles. The number of hydrogen-bond acceptors (Lipinski definition) is 3. The number of fused-ring (bicyclic) bond motifs is 1. The summed E-state index contributed by atoms with van der Waals surface area (Å²) < 4.78 is 5.75. The molecule has 0 unspecified atom stereocenters. The fourth-order valence-electron chi connectivity index (χ4n) is 3.56. The highest BCUT2D eigenvalue weighted by Crippen LogP contribution is 2.33. The maximum absolute atomic E-state index is 5.53. The van der Waals surface area contributed by atoms with Crippen molar-refractivity contribution in [2.45, 2.75) is 37.9 Å². The van der Waals surface area contributed by atoms with Crippen LogP contribution in [-0.4, -0.2) is 54.8 Å². The van der Waals surface area contributed by atoms with Crippen LogP contribution in [0, 0.1) is 6.92 Å². The summed E-state index contributed by atoms with van der Waals surface area (Å²) in [5.74, 6) is 0.910. The van der Waals surface area contributed by atoms with Crippen molar-refractivity contribution in [3.05, 3.63) is 35.5 Å². The molecule has 2 aromatic rings. The first-order valence-corrected chi connectivity index (χ1v) is 11.1. The van der Waals surface area contributed by atoms with Crippen molar-refractivity contribution in [1.29, 1.82) is 0 Å². The van der Waals surface area contributed by atoms with E-state index in [2.05, 4.69) is 60.1 Å². The number of nitrogens with one attached hydrogen (secondary N) is 3. The number of aliphatic imine (C=N–C) groups is 1. The molecule has 1 saturated heterocycles. The van der Waals surface area contributed by atoms with Crippen LogP contribution in [-0.2, 0) is 11.2 Å². The first-order chi connectivity index (χ1) is 13.2. The number of hydrogen-bond donors (Lipinski definition) is 3. The number of aromatic amines is 1. The highest BCUT2D eigenvalue weighted by molar-refractivity contribution is 8.00. The minimum Gasteiger partial charge on any atom is -0.381 e. The van der Waals surface area contributed by atoms with Crippen molar-refractivity contribution < 1.29 is 4.74 Å². The fraction of sp³-hybridized carbons (Fsp3) is 0.571. The summed E-state index contributed by atoms with van der Waals surface area (Å²) in [5, 5.41) is 8.19. The molecule has 6 heteroatoms. The Bertz CT molecular complexity index is 765. The number of ether oxygens (including phenoxy) is 1. The number of aryl methyl sites for hydroxylation is 1. The minimum absolute atomic E-state index is 0.218. The third-order valence-corrected chi connectivity index (χ3v) is 6.72. The van der Waals surface area contributed by atoms with Crippen molar-refractivity contribution in [2.24, 2.45) is 4.99 Å². The zero-order valence-corrected chi connectivity index (χ0v) is 17.5. The van der Waals surface area contributed by atoms with E-state index in [0.29, 0.717) is 0 Å². The molecule has 1 aliphatic heterocycles. The van der Waals surface area contributed by atoms with Gasteiger partial charge in [-0.2, -0.15) is 11.8 Å². The van der Waals surface area contributed by atoms with Crippen molar-refractivity contribution in [1.82, 2.24) is 15.6 Å². The highest BCUT2D eigenvalue weighted by atomic mass is 32.2. The summed E-state index contributed by atoms with van der Waals surface area (Å²) in [7, 11) is 0. The molecule has 0 spiro atoms. The summed E-state index contributed by atoms with van der Waals surface area (Å²) in [6, 6.07) is 6.59. The van der Waals surface area contributed by atoms with Gasteiger partial charge >= 0.3 is 0 Å². The van der Waals surface area contributed by atoms with E-state index in [1.54, 1.807) is 0 Å². The van der Waals surface area contributed by atoms with E-state index in [1.807, 2.05) is 11.8 Å². The van der Waals surface area contributed by atoms with Crippen LogP contribution in [0.25, 0.3) is 10.9 Å². The summed E-state index contributed by atoms with van der Waals surface area (Å²) >= 11 is 1.93. The predicted molar refractivity (Wildman–Crippen MR) is 117 cm³/mol. The van der Waals surface area contributed by atoms with Crippen LogP contribution in [0.3, 0.4) is 0 Å². The molecule has 5 nitrogen and oxygen atoms in total. The lowest BCUT2D eigenvalue weighted by Gasteiger charge is -2.34. The molecule has 27 heavy (non-hydrogen) atoms. The van der Waals surface area contributed by atoms with E-state index in [-0.39, 0.29) is 4.75 Å². The average molecular weight is 389 g/mol. The van der Waals surface area contributed by atoms with Gasteiger partial charge < -0.3 is 20.4 Å². The second-order valence-corrected chi connectivity index (χ2v) is 8.51. The summed E-state index contributed by atoms with van der Waals surface area (Å²) in [6.07, 6.45) is 7.44. The molecule has 0 amide bonds. The monoisotopic (exact) mass is 388 g/mol. The van der Waals surface area contributed by atoms with Gasteiger partial charge in [-0.1, -0.05) is 12.1 Å². The molecule has 1 aromatic heterocycles. The molecule has 0 saturated carbocycles. The normalized spacial score (nSPS) is 17.2. The molecular weight excluding hydrogens is 356 g/mol. The van der Waals surface area contributed by atoms with Gasteiger partial charge in [-0.05, 0) is 56.6 Å². The number of guanidine groups is 1. The second kappa shape index (κ2) is 9.51. The number of benzene rings is 1. The van der Waals surface area contributed by atoms with Gasteiger partial charge in [0.25, 0.3) is 0 Å². The Balaban J connectivity index is 1.58. The standard InChI is InChI=1S/C21H32N4OS/c1-4-22-20(25-15-21(27-3)8-11-26-12-9-21)23-10-7-17-14-24-19-13-16(2)5-6-18(17)19/h5-6,13-14,24H,4,7-12,15H2,1-3H3,(H2,22,23,25). The van der Waals surface area contributed by atoms with Crippen LogP contribution >= 0.6 is 11.8 Å². The molecule has 1 fully saturated rings. The fourth-order valence-corrected chi connectivity index (χ4v) is 4.33. The third kappa shape index (κ3) is 5.20. The molecule has 0 radical (unpaired) electrons. The predicted octanol–water partition coefficient (Wildman–Crippen LogP) is 3.49. The maximum Gasteiger partial charge on any atom is 0.191 e.